The lowest BCUT2D eigenvalue weighted by Gasteiger charge is -2.21. The maximum Gasteiger partial charge on any atom is 0.261 e. The van der Waals surface area contributed by atoms with Crippen LogP contribution in [0.4, 0.5) is 5.69 Å². The Balaban J connectivity index is 1.66. The molecule has 4 rings (SSSR count). The number of fused-ring (bicyclic) bond motifs is 1. The summed E-state index contributed by atoms with van der Waals surface area (Å²) in [5.74, 6) is -0.157. The second kappa shape index (κ2) is 5.95. The molecule has 1 amide bonds. The van der Waals surface area contributed by atoms with Crippen molar-refractivity contribution in [2.24, 2.45) is 0 Å². The predicted octanol–water partition coefficient (Wildman–Crippen LogP) is 3.93. The molecule has 24 heavy (non-hydrogen) atoms. The number of aliphatic hydroxyl groups excluding tert-OH is 1. The van der Waals surface area contributed by atoms with E-state index in [-0.39, 0.29) is 5.91 Å². The number of nitrogens with zero attached hydrogens (tertiary/aromatic N) is 1. The summed E-state index contributed by atoms with van der Waals surface area (Å²) in [6.07, 6.45) is -0.139. The maximum atomic E-state index is 12.6. The van der Waals surface area contributed by atoms with Crippen LogP contribution in [0.2, 0.25) is 0 Å². The van der Waals surface area contributed by atoms with Gasteiger partial charge in [0.05, 0.1) is 0 Å². The van der Waals surface area contributed by atoms with E-state index < -0.39 is 6.23 Å². The quantitative estimate of drug-likeness (QED) is 0.795. The third-order valence-corrected chi connectivity index (χ3v) is 4.37. The van der Waals surface area contributed by atoms with Gasteiger partial charge in [-0.15, -0.1) is 0 Å². The number of rotatable bonds is 3. The monoisotopic (exact) mass is 315 g/mol. The second-order valence-corrected chi connectivity index (χ2v) is 5.97. The standard InChI is InChI=1S/C21H17NO2/c23-20-18-11-4-5-12-19(18)21(24)22(20)17-10-6-9-16(14-17)13-15-7-2-1-3-8-15/h1-12,14,20,23H,13H2. The summed E-state index contributed by atoms with van der Waals surface area (Å²) in [6, 6.07) is 25.2. The topological polar surface area (TPSA) is 40.5 Å². The number of hydrogen-bond donors (Lipinski definition) is 1. The van der Waals surface area contributed by atoms with Gasteiger partial charge >= 0.3 is 0 Å². The van der Waals surface area contributed by atoms with Crippen LogP contribution in [0.3, 0.4) is 0 Å². The lowest BCUT2D eigenvalue weighted by atomic mass is 10.0. The first kappa shape index (κ1) is 14.7. The van der Waals surface area contributed by atoms with Crippen LogP contribution in [0.25, 0.3) is 0 Å². The maximum absolute atomic E-state index is 12.6. The smallest absolute Gasteiger partial charge is 0.261 e. The number of carbonyl (C=O) groups excluding carboxylic acids is 1. The molecule has 1 aliphatic rings. The summed E-state index contributed by atoms with van der Waals surface area (Å²) < 4.78 is 0. The van der Waals surface area contributed by atoms with Crippen LogP contribution in [0.1, 0.15) is 33.3 Å². The van der Waals surface area contributed by atoms with Gasteiger partial charge < -0.3 is 5.11 Å². The second-order valence-electron chi connectivity index (χ2n) is 5.97. The molecule has 1 atom stereocenters. The molecule has 0 saturated carbocycles. The minimum absolute atomic E-state index is 0.157. The fourth-order valence-corrected chi connectivity index (χ4v) is 3.20. The van der Waals surface area contributed by atoms with E-state index in [1.54, 1.807) is 12.1 Å². The molecule has 0 fully saturated rings. The fourth-order valence-electron chi connectivity index (χ4n) is 3.20. The Kier molecular flexibility index (Phi) is 3.63. The van der Waals surface area contributed by atoms with Crippen molar-refractivity contribution in [1.29, 1.82) is 0 Å². The van der Waals surface area contributed by atoms with Crippen LogP contribution < -0.4 is 4.90 Å². The summed E-state index contributed by atoms with van der Waals surface area (Å²) in [4.78, 5) is 14.1. The summed E-state index contributed by atoms with van der Waals surface area (Å²) in [5, 5.41) is 10.6. The summed E-state index contributed by atoms with van der Waals surface area (Å²) in [5.41, 5.74) is 4.27. The molecule has 0 aliphatic carbocycles. The van der Waals surface area contributed by atoms with E-state index in [1.807, 2.05) is 54.6 Å². The molecular weight excluding hydrogens is 298 g/mol. The molecular formula is C21H17NO2. The summed E-state index contributed by atoms with van der Waals surface area (Å²) in [7, 11) is 0. The van der Waals surface area contributed by atoms with E-state index in [2.05, 4.69) is 12.1 Å². The van der Waals surface area contributed by atoms with Crippen molar-refractivity contribution in [3.63, 3.8) is 0 Å². The van der Waals surface area contributed by atoms with Crippen LogP contribution in [0.15, 0.2) is 78.9 Å². The van der Waals surface area contributed by atoms with Gasteiger partial charge in [0.2, 0.25) is 0 Å². The van der Waals surface area contributed by atoms with Gasteiger partial charge in [-0.05, 0) is 35.7 Å². The van der Waals surface area contributed by atoms with Crippen molar-refractivity contribution in [3.8, 4) is 0 Å². The zero-order valence-electron chi connectivity index (χ0n) is 13.1. The molecule has 118 valence electrons. The van der Waals surface area contributed by atoms with Crippen LogP contribution >= 0.6 is 0 Å². The Morgan fingerprint density at radius 1 is 0.833 bits per heavy atom. The Morgan fingerprint density at radius 3 is 2.33 bits per heavy atom. The highest BCUT2D eigenvalue weighted by atomic mass is 16.3. The Labute approximate surface area is 140 Å². The summed E-state index contributed by atoms with van der Waals surface area (Å²) >= 11 is 0. The first-order chi connectivity index (χ1) is 11.7. The van der Waals surface area contributed by atoms with E-state index in [1.165, 1.54) is 10.5 Å². The molecule has 1 unspecified atom stereocenters. The third-order valence-electron chi connectivity index (χ3n) is 4.37. The molecule has 0 aromatic heterocycles. The van der Waals surface area contributed by atoms with Gasteiger partial charge in [0.1, 0.15) is 0 Å². The number of benzene rings is 3. The number of hydrogen-bond acceptors (Lipinski definition) is 2. The van der Waals surface area contributed by atoms with Crippen molar-refractivity contribution in [3.05, 3.63) is 101 Å². The highest BCUT2D eigenvalue weighted by Gasteiger charge is 2.36. The molecule has 1 aliphatic heterocycles. The van der Waals surface area contributed by atoms with Gasteiger partial charge in [0.25, 0.3) is 5.91 Å². The largest absolute Gasteiger partial charge is 0.369 e. The Morgan fingerprint density at radius 2 is 1.54 bits per heavy atom. The fraction of sp³-hybridized carbons (Fsp3) is 0.0952. The predicted molar refractivity (Wildman–Crippen MR) is 93.9 cm³/mol. The van der Waals surface area contributed by atoms with Crippen molar-refractivity contribution < 1.29 is 9.90 Å². The molecule has 1 heterocycles. The lowest BCUT2D eigenvalue weighted by molar-refractivity contribution is 0.0935. The average Bonchev–Trinajstić information content (AvgIpc) is 2.87. The van der Waals surface area contributed by atoms with Gasteiger partial charge in [-0.3, -0.25) is 9.69 Å². The number of carbonyl (C=O) groups is 1. The van der Waals surface area contributed by atoms with Crippen molar-refractivity contribution >= 4 is 11.6 Å². The van der Waals surface area contributed by atoms with Gasteiger partial charge in [-0.1, -0.05) is 60.7 Å². The van der Waals surface area contributed by atoms with Gasteiger partial charge in [-0.2, -0.15) is 0 Å². The number of anilines is 1. The molecule has 0 radical (unpaired) electrons. The minimum atomic E-state index is -0.930. The average molecular weight is 315 g/mol. The van der Waals surface area contributed by atoms with Gasteiger partial charge in [-0.25, -0.2) is 0 Å². The third kappa shape index (κ3) is 2.49. The molecule has 0 spiro atoms. The van der Waals surface area contributed by atoms with Crippen molar-refractivity contribution in [1.82, 2.24) is 0 Å². The summed E-state index contributed by atoms with van der Waals surface area (Å²) in [6.45, 7) is 0. The molecule has 3 nitrogen and oxygen atoms in total. The highest BCUT2D eigenvalue weighted by Crippen LogP contribution is 2.36. The lowest BCUT2D eigenvalue weighted by Crippen LogP contribution is -2.27. The molecule has 0 saturated heterocycles. The van der Waals surface area contributed by atoms with Crippen LogP contribution in [-0.4, -0.2) is 11.0 Å². The minimum Gasteiger partial charge on any atom is -0.369 e. The first-order valence-corrected chi connectivity index (χ1v) is 7.97. The van der Waals surface area contributed by atoms with Crippen LogP contribution in [0, 0.1) is 0 Å². The van der Waals surface area contributed by atoms with E-state index >= 15 is 0 Å². The van der Waals surface area contributed by atoms with Crippen molar-refractivity contribution in [2.75, 3.05) is 4.90 Å². The van der Waals surface area contributed by atoms with E-state index in [9.17, 15) is 9.90 Å². The van der Waals surface area contributed by atoms with Gasteiger partial charge in [0.15, 0.2) is 6.23 Å². The number of amides is 1. The molecule has 3 heteroatoms. The van der Waals surface area contributed by atoms with Crippen LogP contribution in [-0.2, 0) is 6.42 Å². The zero-order valence-corrected chi connectivity index (χ0v) is 13.1. The molecule has 0 bridgehead atoms. The molecule has 3 aromatic rings. The molecule has 3 aromatic carbocycles. The zero-order chi connectivity index (χ0) is 16.5. The Bertz CT molecular complexity index is 889. The van der Waals surface area contributed by atoms with E-state index in [0.29, 0.717) is 11.1 Å². The van der Waals surface area contributed by atoms with E-state index in [0.717, 1.165) is 17.7 Å². The number of aliphatic hydroxyl groups is 1. The van der Waals surface area contributed by atoms with E-state index in [4.69, 9.17) is 0 Å². The van der Waals surface area contributed by atoms with Crippen LogP contribution in [0.5, 0.6) is 0 Å². The normalized spacial score (nSPS) is 16.3. The SMILES string of the molecule is O=C1c2ccccc2C(O)N1c1cccc(Cc2ccccc2)c1. The van der Waals surface area contributed by atoms with Gasteiger partial charge in [0, 0.05) is 16.8 Å². The Hall–Kier alpha value is -2.91. The molecule has 1 N–H and O–H groups in total. The van der Waals surface area contributed by atoms with Crippen molar-refractivity contribution in [2.45, 2.75) is 12.6 Å². The highest BCUT2D eigenvalue weighted by molar-refractivity contribution is 6.10. The first-order valence-electron chi connectivity index (χ1n) is 7.97.